The highest BCUT2D eigenvalue weighted by Crippen LogP contribution is 2.35. The van der Waals surface area contributed by atoms with Crippen LogP contribution in [0.25, 0.3) is 0 Å². The topological polar surface area (TPSA) is 49.7 Å². The molecule has 1 aromatic carbocycles. The summed E-state index contributed by atoms with van der Waals surface area (Å²) in [4.78, 5) is 24.0. The molecule has 1 atom stereocenters. The summed E-state index contributed by atoms with van der Waals surface area (Å²) in [5.41, 5.74) is 0.127. The zero-order valence-corrected chi connectivity index (χ0v) is 11.2. The second kappa shape index (κ2) is 6.07. The number of likely N-dealkylation sites (tertiary alicyclic amines) is 1. The quantitative estimate of drug-likeness (QED) is 0.800. The lowest BCUT2D eigenvalue weighted by atomic mass is 9.85. The smallest absolute Gasteiger partial charge is 0.219 e. The Hall–Kier alpha value is -1.85. The monoisotopic (exact) mass is 282 g/mol. The maximum Gasteiger partial charge on any atom is 0.219 e. The molecule has 4 nitrogen and oxygen atoms in total. The summed E-state index contributed by atoms with van der Waals surface area (Å²) in [6.45, 7) is 2.57. The highest BCUT2D eigenvalue weighted by molar-refractivity contribution is 5.73. The summed E-state index contributed by atoms with van der Waals surface area (Å²) < 4.78 is 26.6. The van der Waals surface area contributed by atoms with Gasteiger partial charge >= 0.3 is 0 Å². The van der Waals surface area contributed by atoms with Gasteiger partial charge in [-0.1, -0.05) is 11.2 Å². The molecule has 2 rings (SSSR count). The maximum absolute atomic E-state index is 13.7. The summed E-state index contributed by atoms with van der Waals surface area (Å²) in [5.74, 6) is -1.55. The number of piperidine rings is 1. The van der Waals surface area contributed by atoms with Crippen LogP contribution in [-0.2, 0) is 4.79 Å². The first-order valence-corrected chi connectivity index (χ1v) is 6.56. The normalized spacial score (nSPS) is 17.9. The van der Waals surface area contributed by atoms with Gasteiger partial charge in [-0.3, -0.25) is 4.79 Å². The van der Waals surface area contributed by atoms with Gasteiger partial charge in [0.15, 0.2) is 0 Å². The van der Waals surface area contributed by atoms with E-state index in [9.17, 15) is 18.5 Å². The maximum atomic E-state index is 13.7. The molecule has 0 bridgehead atoms. The molecular weight excluding hydrogens is 266 g/mol. The summed E-state index contributed by atoms with van der Waals surface area (Å²) in [6, 6.07) is 2.33. The van der Waals surface area contributed by atoms with Gasteiger partial charge in [-0.2, -0.15) is 4.91 Å². The number of amides is 1. The summed E-state index contributed by atoms with van der Waals surface area (Å²) in [6.07, 6.45) is 1.18. The van der Waals surface area contributed by atoms with Crippen molar-refractivity contribution < 1.29 is 13.6 Å². The number of halogens is 2. The van der Waals surface area contributed by atoms with Crippen molar-refractivity contribution in [3.05, 3.63) is 40.3 Å². The minimum atomic E-state index is -0.829. The van der Waals surface area contributed by atoms with E-state index in [-0.39, 0.29) is 17.4 Å². The second-order valence-corrected chi connectivity index (χ2v) is 5.06. The fourth-order valence-corrected chi connectivity index (χ4v) is 2.67. The van der Waals surface area contributed by atoms with Crippen LogP contribution in [0.1, 0.15) is 31.4 Å². The summed E-state index contributed by atoms with van der Waals surface area (Å²) in [5, 5.41) is 3.03. The molecule has 6 heteroatoms. The van der Waals surface area contributed by atoms with Crippen LogP contribution in [0.4, 0.5) is 8.78 Å². The van der Waals surface area contributed by atoms with Gasteiger partial charge in [0, 0.05) is 31.6 Å². The molecule has 1 aromatic rings. The number of rotatable bonds is 3. The van der Waals surface area contributed by atoms with Gasteiger partial charge in [0.25, 0.3) is 0 Å². The molecule has 20 heavy (non-hydrogen) atoms. The molecule has 0 aromatic heterocycles. The van der Waals surface area contributed by atoms with E-state index in [1.54, 1.807) is 4.90 Å². The van der Waals surface area contributed by atoms with Gasteiger partial charge in [0.05, 0.1) is 0 Å². The lowest BCUT2D eigenvalue weighted by molar-refractivity contribution is -0.130. The largest absolute Gasteiger partial charge is 0.343 e. The predicted octanol–water partition coefficient (Wildman–Crippen LogP) is 3.03. The third kappa shape index (κ3) is 3.00. The van der Waals surface area contributed by atoms with E-state index in [4.69, 9.17) is 0 Å². The fourth-order valence-electron chi connectivity index (χ4n) is 2.67. The molecule has 1 unspecified atom stereocenters. The number of nitroso groups, excluding NO2 is 1. The van der Waals surface area contributed by atoms with E-state index in [1.165, 1.54) is 13.0 Å². The van der Waals surface area contributed by atoms with Gasteiger partial charge in [-0.05, 0) is 24.8 Å². The third-order valence-electron chi connectivity index (χ3n) is 3.83. The lowest BCUT2D eigenvalue weighted by Gasteiger charge is -2.33. The Kier molecular flexibility index (Phi) is 4.42. The minimum Gasteiger partial charge on any atom is -0.343 e. The van der Waals surface area contributed by atoms with E-state index >= 15 is 0 Å². The number of carbonyl (C=O) groups is 1. The molecule has 0 spiro atoms. The highest BCUT2D eigenvalue weighted by Gasteiger charge is 2.31. The van der Waals surface area contributed by atoms with Gasteiger partial charge in [-0.25, -0.2) is 8.78 Å². The first kappa shape index (κ1) is 14.6. The van der Waals surface area contributed by atoms with Crippen LogP contribution in [0.15, 0.2) is 23.4 Å². The average molecular weight is 282 g/mol. The lowest BCUT2D eigenvalue weighted by Crippen LogP contribution is -2.38. The molecule has 108 valence electrons. The number of hydrogen-bond donors (Lipinski definition) is 0. The van der Waals surface area contributed by atoms with Crippen molar-refractivity contribution in [3.63, 3.8) is 0 Å². The zero-order valence-electron chi connectivity index (χ0n) is 11.2. The van der Waals surface area contributed by atoms with Crippen molar-refractivity contribution in [2.24, 2.45) is 11.1 Å². The molecule has 1 aliphatic rings. The number of hydrogen-bond acceptors (Lipinski definition) is 3. The molecule has 1 saturated heterocycles. The van der Waals surface area contributed by atoms with Crippen molar-refractivity contribution in [1.82, 2.24) is 4.90 Å². The van der Waals surface area contributed by atoms with E-state index < -0.39 is 17.7 Å². The Morgan fingerprint density at radius 2 is 2.00 bits per heavy atom. The Morgan fingerprint density at radius 1 is 1.35 bits per heavy atom. The molecule has 1 fully saturated rings. The zero-order chi connectivity index (χ0) is 14.7. The van der Waals surface area contributed by atoms with Crippen LogP contribution < -0.4 is 0 Å². The van der Waals surface area contributed by atoms with Crippen molar-refractivity contribution >= 4 is 5.91 Å². The van der Waals surface area contributed by atoms with Gasteiger partial charge in [0.1, 0.15) is 17.7 Å². The van der Waals surface area contributed by atoms with Crippen LogP contribution >= 0.6 is 0 Å². The van der Waals surface area contributed by atoms with E-state index in [2.05, 4.69) is 5.18 Å². The van der Waals surface area contributed by atoms with Gasteiger partial charge in [0.2, 0.25) is 5.91 Å². The Labute approximate surface area is 115 Å². The molecule has 0 aliphatic carbocycles. The number of carbonyl (C=O) groups excluding carboxylic acids is 1. The van der Waals surface area contributed by atoms with Gasteiger partial charge < -0.3 is 4.90 Å². The minimum absolute atomic E-state index is 0.00738. The van der Waals surface area contributed by atoms with E-state index in [0.29, 0.717) is 25.9 Å². The first-order chi connectivity index (χ1) is 9.52. The molecule has 1 heterocycles. The van der Waals surface area contributed by atoms with Crippen LogP contribution in [0.3, 0.4) is 0 Å². The van der Waals surface area contributed by atoms with Crippen molar-refractivity contribution in [2.45, 2.75) is 25.8 Å². The van der Waals surface area contributed by atoms with E-state index in [1.807, 2.05) is 0 Å². The van der Waals surface area contributed by atoms with Crippen LogP contribution in [0.5, 0.6) is 0 Å². The van der Waals surface area contributed by atoms with Gasteiger partial charge in [-0.15, -0.1) is 0 Å². The SMILES string of the molecule is CC(=O)N1CCC(C(N=O)c2ccc(F)cc2F)CC1. The number of nitrogens with zero attached hydrogens (tertiary/aromatic N) is 2. The molecule has 1 amide bonds. The van der Waals surface area contributed by atoms with Crippen molar-refractivity contribution in [1.29, 1.82) is 0 Å². The summed E-state index contributed by atoms with van der Waals surface area (Å²) in [7, 11) is 0. The Morgan fingerprint density at radius 3 is 2.50 bits per heavy atom. The average Bonchev–Trinajstić information content (AvgIpc) is 2.42. The van der Waals surface area contributed by atoms with Crippen molar-refractivity contribution in [2.75, 3.05) is 13.1 Å². The third-order valence-corrected chi connectivity index (χ3v) is 3.83. The fraction of sp³-hybridized carbons (Fsp3) is 0.500. The Bertz CT molecular complexity index is 514. The molecule has 0 saturated carbocycles. The van der Waals surface area contributed by atoms with Crippen LogP contribution in [0.2, 0.25) is 0 Å². The highest BCUT2D eigenvalue weighted by atomic mass is 19.1. The van der Waals surface area contributed by atoms with E-state index in [0.717, 1.165) is 12.1 Å². The molecule has 0 N–H and O–H groups in total. The molecule has 1 aliphatic heterocycles. The Balaban J connectivity index is 2.13. The van der Waals surface area contributed by atoms with Crippen LogP contribution in [0, 0.1) is 22.5 Å². The predicted molar refractivity (Wildman–Crippen MR) is 69.9 cm³/mol. The first-order valence-electron chi connectivity index (χ1n) is 6.56. The molecule has 0 radical (unpaired) electrons. The summed E-state index contributed by atoms with van der Waals surface area (Å²) >= 11 is 0. The number of benzene rings is 1. The second-order valence-electron chi connectivity index (χ2n) is 5.06. The van der Waals surface area contributed by atoms with Crippen LogP contribution in [-0.4, -0.2) is 23.9 Å². The molecular formula is C14H16F2N2O2. The standard InChI is InChI=1S/C14H16F2N2O2/c1-9(19)18-6-4-10(5-7-18)14(17-20)12-3-2-11(15)8-13(12)16/h2-3,8,10,14H,4-7H2,1H3. The van der Waals surface area contributed by atoms with Crippen molar-refractivity contribution in [3.8, 4) is 0 Å².